The van der Waals surface area contributed by atoms with Crippen LogP contribution < -0.4 is 0 Å². The van der Waals surface area contributed by atoms with Gasteiger partial charge < -0.3 is 4.74 Å². The van der Waals surface area contributed by atoms with E-state index in [0.29, 0.717) is 36.2 Å². The second kappa shape index (κ2) is 10.2. The molecule has 0 N–H and O–H groups in total. The molecule has 2 aromatic carbocycles. The predicted molar refractivity (Wildman–Crippen MR) is 119 cm³/mol. The van der Waals surface area contributed by atoms with Gasteiger partial charge in [0.15, 0.2) is 0 Å². The molecule has 0 aliphatic carbocycles. The molecule has 6 nitrogen and oxygen atoms in total. The topological polar surface area (TPSA) is 62.2 Å². The number of likely N-dealkylation sites (tertiary alicyclic amines) is 1. The number of piperidine rings is 1. The number of ether oxygens (including phenoxy) is 1. The number of carbonyl (C=O) groups is 2. The zero-order valence-corrected chi connectivity index (χ0v) is 18.5. The molecule has 1 saturated heterocycles. The third-order valence-corrected chi connectivity index (χ3v) is 6.12. The molecule has 33 heavy (non-hydrogen) atoms. The number of benzene rings is 2. The maximum atomic E-state index is 14.7. The van der Waals surface area contributed by atoms with Crippen molar-refractivity contribution in [1.29, 1.82) is 0 Å². The molecule has 8 heteroatoms. The number of hydrazone groups is 1. The first kappa shape index (κ1) is 23.0. The Hall–Kier alpha value is -3.13. The zero-order chi connectivity index (χ0) is 23.4. The van der Waals surface area contributed by atoms with E-state index in [0.717, 1.165) is 12.8 Å². The lowest BCUT2D eigenvalue weighted by atomic mass is 9.98. The highest BCUT2D eigenvalue weighted by atomic mass is 19.1. The van der Waals surface area contributed by atoms with Crippen molar-refractivity contribution in [2.75, 3.05) is 19.7 Å². The molecule has 1 amide bonds. The maximum absolute atomic E-state index is 14.7. The molecule has 2 heterocycles. The van der Waals surface area contributed by atoms with Crippen LogP contribution in [0.25, 0.3) is 0 Å². The lowest BCUT2D eigenvalue weighted by Gasteiger charge is -2.34. The minimum absolute atomic E-state index is 0.0192. The van der Waals surface area contributed by atoms with Crippen molar-refractivity contribution in [3.05, 3.63) is 71.3 Å². The van der Waals surface area contributed by atoms with Crippen LogP contribution in [-0.4, -0.2) is 53.2 Å². The van der Waals surface area contributed by atoms with Crippen LogP contribution in [0.15, 0.2) is 53.6 Å². The second-order valence-corrected chi connectivity index (χ2v) is 8.27. The van der Waals surface area contributed by atoms with Crippen molar-refractivity contribution in [3.63, 3.8) is 0 Å². The first-order chi connectivity index (χ1) is 16.0. The normalized spacial score (nSPS) is 21.1. The smallest absolute Gasteiger partial charge is 0.323 e. The molecular formula is C25H27F2N3O3. The van der Waals surface area contributed by atoms with Gasteiger partial charge in [0.1, 0.15) is 17.7 Å². The van der Waals surface area contributed by atoms with E-state index in [1.54, 1.807) is 37.3 Å². The van der Waals surface area contributed by atoms with Gasteiger partial charge in [-0.2, -0.15) is 5.10 Å². The Kier molecular flexibility index (Phi) is 7.13. The summed E-state index contributed by atoms with van der Waals surface area (Å²) < 4.78 is 33.3. The van der Waals surface area contributed by atoms with E-state index >= 15 is 0 Å². The van der Waals surface area contributed by atoms with E-state index in [9.17, 15) is 18.4 Å². The van der Waals surface area contributed by atoms with Crippen LogP contribution in [0, 0.1) is 11.6 Å². The van der Waals surface area contributed by atoms with Crippen molar-refractivity contribution < 1.29 is 23.1 Å². The monoisotopic (exact) mass is 455 g/mol. The number of amides is 1. The molecular weight excluding hydrogens is 428 g/mol. The third kappa shape index (κ3) is 5.11. The predicted octanol–water partition coefficient (Wildman–Crippen LogP) is 4.06. The number of halogens is 2. The largest absolute Gasteiger partial charge is 0.465 e. The summed E-state index contributed by atoms with van der Waals surface area (Å²) in [4.78, 5) is 27.6. The molecule has 0 saturated carbocycles. The summed E-state index contributed by atoms with van der Waals surface area (Å²) in [5, 5.41) is 5.84. The van der Waals surface area contributed by atoms with Crippen molar-refractivity contribution in [1.82, 2.24) is 9.91 Å². The van der Waals surface area contributed by atoms with E-state index in [2.05, 4.69) is 5.10 Å². The summed E-state index contributed by atoms with van der Waals surface area (Å²) in [5.41, 5.74) is 1.62. The summed E-state index contributed by atoms with van der Waals surface area (Å²) in [5.74, 6) is -1.44. The van der Waals surface area contributed by atoms with Gasteiger partial charge in [-0.1, -0.05) is 36.8 Å². The van der Waals surface area contributed by atoms with E-state index in [4.69, 9.17) is 4.74 Å². The summed E-state index contributed by atoms with van der Waals surface area (Å²) in [7, 11) is 0. The molecule has 0 radical (unpaired) electrons. The number of hydrogen-bond donors (Lipinski definition) is 0. The lowest BCUT2D eigenvalue weighted by molar-refractivity contribution is -0.152. The van der Waals surface area contributed by atoms with Crippen LogP contribution in [0.5, 0.6) is 0 Å². The molecule has 0 bridgehead atoms. The highest BCUT2D eigenvalue weighted by molar-refractivity contribution is 6.03. The van der Waals surface area contributed by atoms with Gasteiger partial charge in [0.05, 0.1) is 24.9 Å². The van der Waals surface area contributed by atoms with Crippen LogP contribution in [0.4, 0.5) is 8.78 Å². The molecule has 4 rings (SSSR count). The molecule has 2 atom stereocenters. The van der Waals surface area contributed by atoms with Crippen molar-refractivity contribution in [2.24, 2.45) is 5.10 Å². The summed E-state index contributed by atoms with van der Waals surface area (Å²) in [6.07, 6.45) is 2.71. The average Bonchev–Trinajstić information content (AvgIpc) is 3.26. The quantitative estimate of drug-likeness (QED) is 0.617. The number of carbonyl (C=O) groups excluding carboxylic acids is 2. The zero-order valence-electron chi connectivity index (χ0n) is 18.5. The molecule has 1 fully saturated rings. The number of rotatable bonds is 6. The fraction of sp³-hybridized carbons (Fsp3) is 0.400. The summed E-state index contributed by atoms with van der Waals surface area (Å²) in [6.45, 7) is 2.62. The van der Waals surface area contributed by atoms with Gasteiger partial charge >= 0.3 is 5.97 Å². The Bertz CT molecular complexity index is 1040. The van der Waals surface area contributed by atoms with Gasteiger partial charge in [0, 0.05) is 12.0 Å². The second-order valence-electron chi connectivity index (χ2n) is 8.27. The minimum atomic E-state index is -0.621. The van der Waals surface area contributed by atoms with Gasteiger partial charge in [-0.3, -0.25) is 14.5 Å². The first-order valence-corrected chi connectivity index (χ1v) is 11.3. The molecule has 0 unspecified atom stereocenters. The molecule has 174 valence electrons. The van der Waals surface area contributed by atoms with Crippen molar-refractivity contribution >= 4 is 17.6 Å². The van der Waals surface area contributed by atoms with E-state index < -0.39 is 17.9 Å². The minimum Gasteiger partial charge on any atom is -0.465 e. The highest BCUT2D eigenvalue weighted by Gasteiger charge is 2.37. The Balaban J connectivity index is 1.60. The van der Waals surface area contributed by atoms with Crippen LogP contribution in [0.2, 0.25) is 0 Å². The van der Waals surface area contributed by atoms with Gasteiger partial charge in [-0.25, -0.2) is 13.8 Å². The standard InChI is InChI=1S/C25H27F2N3O3/c1-2-33-25(32)22-9-5-6-14-29(22)16-24(31)30-23(19-7-3-4-8-20(19)27)15-21(28-30)17-10-12-18(26)13-11-17/h3-4,7-8,10-13,22-23H,2,5-6,9,14-16H2,1H3/t22-,23+/m1/s1. The van der Waals surface area contributed by atoms with Crippen molar-refractivity contribution in [3.8, 4) is 0 Å². The first-order valence-electron chi connectivity index (χ1n) is 11.3. The Morgan fingerprint density at radius 2 is 1.85 bits per heavy atom. The fourth-order valence-corrected chi connectivity index (χ4v) is 4.48. The molecule has 2 aliphatic heterocycles. The third-order valence-electron chi connectivity index (χ3n) is 6.12. The average molecular weight is 456 g/mol. The molecule has 2 aliphatic rings. The molecule has 2 aromatic rings. The van der Waals surface area contributed by atoms with E-state index in [1.165, 1.54) is 23.2 Å². The van der Waals surface area contributed by atoms with Crippen LogP contribution in [0.1, 0.15) is 49.8 Å². The summed E-state index contributed by atoms with van der Waals surface area (Å²) >= 11 is 0. The number of nitrogens with zero attached hydrogens (tertiary/aromatic N) is 3. The van der Waals surface area contributed by atoms with Crippen LogP contribution in [-0.2, 0) is 14.3 Å². The van der Waals surface area contributed by atoms with Gasteiger partial charge in [0.25, 0.3) is 5.91 Å². The lowest BCUT2D eigenvalue weighted by Crippen LogP contribution is -2.49. The number of esters is 1. The van der Waals surface area contributed by atoms with Crippen LogP contribution in [0.3, 0.4) is 0 Å². The summed E-state index contributed by atoms with van der Waals surface area (Å²) in [6, 6.07) is 11.1. The molecule has 0 spiro atoms. The van der Waals surface area contributed by atoms with Crippen LogP contribution >= 0.6 is 0 Å². The molecule has 0 aromatic heterocycles. The van der Waals surface area contributed by atoms with Crippen molar-refractivity contribution in [2.45, 2.75) is 44.7 Å². The fourth-order valence-electron chi connectivity index (χ4n) is 4.48. The Morgan fingerprint density at radius 1 is 1.09 bits per heavy atom. The maximum Gasteiger partial charge on any atom is 0.323 e. The Labute approximate surface area is 191 Å². The Morgan fingerprint density at radius 3 is 2.58 bits per heavy atom. The van der Waals surface area contributed by atoms with Gasteiger partial charge in [-0.05, 0) is 50.1 Å². The highest BCUT2D eigenvalue weighted by Crippen LogP contribution is 2.34. The van der Waals surface area contributed by atoms with Gasteiger partial charge in [-0.15, -0.1) is 0 Å². The SMILES string of the molecule is CCOC(=O)[C@H]1CCCCN1CC(=O)N1N=C(c2ccc(F)cc2)C[C@H]1c1ccccc1F. The number of hydrogen-bond acceptors (Lipinski definition) is 5. The van der Waals surface area contributed by atoms with E-state index in [-0.39, 0.29) is 30.8 Å². The van der Waals surface area contributed by atoms with E-state index in [1.807, 2.05) is 4.90 Å². The van der Waals surface area contributed by atoms with Gasteiger partial charge in [0.2, 0.25) is 0 Å².